The van der Waals surface area contributed by atoms with Crippen LogP contribution in [0.5, 0.6) is 0 Å². The van der Waals surface area contributed by atoms with E-state index in [-0.39, 0.29) is 23.7 Å². The van der Waals surface area contributed by atoms with Crippen molar-refractivity contribution in [1.29, 1.82) is 0 Å². The van der Waals surface area contributed by atoms with Gasteiger partial charge in [-0.25, -0.2) is 9.78 Å². The Morgan fingerprint density at radius 3 is 2.77 bits per heavy atom. The smallest absolute Gasteiger partial charge is 0.410 e. The molecule has 22 heavy (non-hydrogen) atoms. The number of hydrogen-bond donors (Lipinski definition) is 1. The van der Waals surface area contributed by atoms with Gasteiger partial charge < -0.3 is 15.0 Å². The number of aromatic nitrogens is 2. The van der Waals surface area contributed by atoms with E-state index in [9.17, 15) is 9.59 Å². The van der Waals surface area contributed by atoms with Crippen molar-refractivity contribution in [1.82, 2.24) is 20.2 Å². The SMILES string of the molecule is CC(C)(C)OC(=O)N1CCC[C@@H](NC(=O)c2cnccn2)C1. The molecule has 0 unspecified atom stereocenters. The Morgan fingerprint density at radius 2 is 2.14 bits per heavy atom. The number of amides is 2. The molecule has 0 bridgehead atoms. The molecule has 1 N–H and O–H groups in total. The van der Waals surface area contributed by atoms with E-state index < -0.39 is 5.60 Å². The molecule has 1 saturated heterocycles. The van der Waals surface area contributed by atoms with E-state index in [1.165, 1.54) is 18.6 Å². The van der Waals surface area contributed by atoms with Gasteiger partial charge in [0.2, 0.25) is 0 Å². The lowest BCUT2D eigenvalue weighted by atomic mass is 10.1. The molecule has 0 aromatic carbocycles. The summed E-state index contributed by atoms with van der Waals surface area (Å²) in [6, 6.07) is -0.101. The van der Waals surface area contributed by atoms with Crippen LogP contribution in [0.3, 0.4) is 0 Å². The number of carbonyl (C=O) groups excluding carboxylic acids is 2. The van der Waals surface area contributed by atoms with Crippen LogP contribution in [0.1, 0.15) is 44.1 Å². The monoisotopic (exact) mass is 306 g/mol. The van der Waals surface area contributed by atoms with Crippen LogP contribution in [0.2, 0.25) is 0 Å². The highest BCUT2D eigenvalue weighted by molar-refractivity contribution is 5.92. The molecule has 1 aliphatic rings. The van der Waals surface area contributed by atoms with E-state index in [1.54, 1.807) is 4.90 Å². The molecule has 7 nitrogen and oxygen atoms in total. The average molecular weight is 306 g/mol. The van der Waals surface area contributed by atoms with Crippen molar-refractivity contribution in [2.75, 3.05) is 13.1 Å². The van der Waals surface area contributed by atoms with Gasteiger partial charge in [0, 0.05) is 31.5 Å². The first-order chi connectivity index (χ1) is 10.3. The molecule has 0 aliphatic carbocycles. The predicted molar refractivity (Wildman–Crippen MR) is 80.3 cm³/mol. The zero-order chi connectivity index (χ0) is 16.2. The molecule has 1 atom stereocenters. The molecular weight excluding hydrogens is 284 g/mol. The standard InChI is InChI=1S/C15H22N4O3/c1-15(2,3)22-14(21)19-8-4-5-11(10-19)18-13(20)12-9-16-6-7-17-12/h6-7,9,11H,4-5,8,10H2,1-3H3,(H,18,20)/t11-/m1/s1. The fraction of sp³-hybridized carbons (Fsp3) is 0.600. The van der Waals surface area contributed by atoms with Gasteiger partial charge in [-0.05, 0) is 33.6 Å². The number of nitrogens with one attached hydrogen (secondary N) is 1. The van der Waals surface area contributed by atoms with Gasteiger partial charge in [-0.3, -0.25) is 9.78 Å². The second-order valence-electron chi connectivity index (χ2n) is 6.33. The average Bonchev–Trinajstić information content (AvgIpc) is 2.46. The number of piperidine rings is 1. The van der Waals surface area contributed by atoms with Crippen molar-refractivity contribution >= 4 is 12.0 Å². The second kappa shape index (κ2) is 6.72. The minimum atomic E-state index is -0.521. The highest BCUT2D eigenvalue weighted by Gasteiger charge is 2.28. The number of hydrogen-bond acceptors (Lipinski definition) is 5. The van der Waals surface area contributed by atoms with Crippen LogP contribution in [0.4, 0.5) is 4.79 Å². The van der Waals surface area contributed by atoms with E-state index >= 15 is 0 Å². The zero-order valence-corrected chi connectivity index (χ0v) is 13.2. The van der Waals surface area contributed by atoms with E-state index in [2.05, 4.69) is 15.3 Å². The quantitative estimate of drug-likeness (QED) is 0.897. The third-order valence-corrected chi connectivity index (χ3v) is 3.20. The van der Waals surface area contributed by atoms with Gasteiger partial charge in [-0.2, -0.15) is 0 Å². The third-order valence-electron chi connectivity index (χ3n) is 3.20. The summed E-state index contributed by atoms with van der Waals surface area (Å²) in [6.45, 7) is 6.60. The van der Waals surface area contributed by atoms with Crippen molar-refractivity contribution in [3.63, 3.8) is 0 Å². The van der Waals surface area contributed by atoms with E-state index in [0.29, 0.717) is 13.1 Å². The fourth-order valence-electron chi connectivity index (χ4n) is 2.26. The highest BCUT2D eigenvalue weighted by atomic mass is 16.6. The van der Waals surface area contributed by atoms with Crippen LogP contribution in [-0.2, 0) is 4.74 Å². The first-order valence-electron chi connectivity index (χ1n) is 7.40. The van der Waals surface area contributed by atoms with Crippen molar-refractivity contribution < 1.29 is 14.3 Å². The summed E-state index contributed by atoms with van der Waals surface area (Å²) in [7, 11) is 0. The maximum Gasteiger partial charge on any atom is 0.410 e. The molecule has 1 aromatic rings. The fourth-order valence-corrected chi connectivity index (χ4v) is 2.26. The maximum atomic E-state index is 12.1. The van der Waals surface area contributed by atoms with Crippen LogP contribution in [0.15, 0.2) is 18.6 Å². The Hall–Kier alpha value is -2.18. The predicted octanol–water partition coefficient (Wildman–Crippen LogP) is 1.61. The van der Waals surface area contributed by atoms with Crippen molar-refractivity contribution in [3.8, 4) is 0 Å². The van der Waals surface area contributed by atoms with Gasteiger partial charge in [0.05, 0.1) is 6.20 Å². The van der Waals surface area contributed by atoms with Crippen molar-refractivity contribution in [3.05, 3.63) is 24.3 Å². The number of rotatable bonds is 2. The first kappa shape index (κ1) is 16.2. The van der Waals surface area contributed by atoms with Gasteiger partial charge >= 0.3 is 6.09 Å². The van der Waals surface area contributed by atoms with Gasteiger partial charge in [0.25, 0.3) is 5.91 Å². The molecule has 120 valence electrons. The molecule has 2 rings (SSSR count). The molecular formula is C15H22N4O3. The summed E-state index contributed by atoms with van der Waals surface area (Å²) < 4.78 is 5.37. The number of likely N-dealkylation sites (tertiary alicyclic amines) is 1. The number of carbonyl (C=O) groups is 2. The molecule has 7 heteroatoms. The third kappa shape index (κ3) is 4.68. The van der Waals surface area contributed by atoms with Crippen LogP contribution in [0, 0.1) is 0 Å². The number of ether oxygens (including phenoxy) is 1. The Balaban J connectivity index is 1.91. The molecule has 0 spiro atoms. The molecule has 0 radical (unpaired) electrons. The first-order valence-corrected chi connectivity index (χ1v) is 7.40. The van der Waals surface area contributed by atoms with Crippen LogP contribution in [-0.4, -0.2) is 51.6 Å². The summed E-state index contributed by atoms with van der Waals surface area (Å²) in [6.07, 6.45) is 5.72. The van der Waals surface area contributed by atoms with Crippen LogP contribution < -0.4 is 5.32 Å². The highest BCUT2D eigenvalue weighted by Crippen LogP contribution is 2.15. The largest absolute Gasteiger partial charge is 0.444 e. The summed E-state index contributed by atoms with van der Waals surface area (Å²) in [5.74, 6) is -0.274. The maximum absolute atomic E-state index is 12.1. The van der Waals surface area contributed by atoms with Gasteiger partial charge in [-0.15, -0.1) is 0 Å². The summed E-state index contributed by atoms with van der Waals surface area (Å²) >= 11 is 0. The van der Waals surface area contributed by atoms with Gasteiger partial charge in [-0.1, -0.05) is 0 Å². The lowest BCUT2D eigenvalue weighted by molar-refractivity contribution is 0.0185. The van der Waals surface area contributed by atoms with Crippen molar-refractivity contribution in [2.45, 2.75) is 45.3 Å². The minimum absolute atomic E-state index is 0.101. The topological polar surface area (TPSA) is 84.4 Å². The van der Waals surface area contributed by atoms with E-state index in [4.69, 9.17) is 4.74 Å². The lowest BCUT2D eigenvalue weighted by Gasteiger charge is -2.34. The van der Waals surface area contributed by atoms with E-state index in [1.807, 2.05) is 20.8 Å². The van der Waals surface area contributed by atoms with Gasteiger partial charge in [0.15, 0.2) is 0 Å². The summed E-state index contributed by atoms with van der Waals surface area (Å²) in [4.78, 5) is 33.6. The summed E-state index contributed by atoms with van der Waals surface area (Å²) in [5.41, 5.74) is -0.246. The normalized spacial score (nSPS) is 18.7. The molecule has 0 saturated carbocycles. The minimum Gasteiger partial charge on any atom is -0.444 e. The molecule has 2 amide bonds. The van der Waals surface area contributed by atoms with E-state index in [0.717, 1.165) is 12.8 Å². The zero-order valence-electron chi connectivity index (χ0n) is 13.2. The lowest BCUT2D eigenvalue weighted by Crippen LogP contribution is -2.50. The Bertz CT molecular complexity index is 527. The summed E-state index contributed by atoms with van der Waals surface area (Å²) in [5, 5.41) is 2.89. The second-order valence-corrected chi connectivity index (χ2v) is 6.33. The Morgan fingerprint density at radius 1 is 1.36 bits per heavy atom. The molecule has 2 heterocycles. The molecule has 1 fully saturated rings. The van der Waals surface area contributed by atoms with Gasteiger partial charge in [0.1, 0.15) is 11.3 Å². The molecule has 1 aliphatic heterocycles. The Labute approximate surface area is 130 Å². The number of nitrogens with zero attached hydrogens (tertiary/aromatic N) is 3. The van der Waals surface area contributed by atoms with Crippen LogP contribution >= 0.6 is 0 Å². The van der Waals surface area contributed by atoms with Crippen LogP contribution in [0.25, 0.3) is 0 Å². The Kier molecular flexibility index (Phi) is 4.95. The van der Waals surface area contributed by atoms with Crippen molar-refractivity contribution in [2.24, 2.45) is 0 Å². The molecule has 1 aromatic heterocycles.